The summed E-state index contributed by atoms with van der Waals surface area (Å²) in [7, 11) is 1.88. The van der Waals surface area contributed by atoms with Crippen LogP contribution < -0.4 is 21.1 Å². The molecule has 4 heterocycles. The molecule has 0 atom stereocenters. The molecule has 0 bridgehead atoms. The van der Waals surface area contributed by atoms with Crippen molar-refractivity contribution in [1.29, 1.82) is 0 Å². The second kappa shape index (κ2) is 9.18. The molecule has 0 saturated carbocycles. The lowest BCUT2D eigenvalue weighted by atomic mass is 10.1. The number of nitrogens with two attached hydrogens (primary N) is 1. The van der Waals surface area contributed by atoms with Crippen molar-refractivity contribution in [3.63, 3.8) is 0 Å². The predicted molar refractivity (Wildman–Crippen MR) is 109 cm³/mol. The molecule has 0 aromatic carbocycles. The number of nitrogens with zero attached hydrogens (tertiary/aromatic N) is 5. The Labute approximate surface area is 176 Å². The number of hydrogen-bond acceptors (Lipinski definition) is 9. The molecule has 10 nitrogen and oxygen atoms in total. The molecule has 0 radical (unpaired) electrons. The van der Waals surface area contributed by atoms with Crippen molar-refractivity contribution in [2.24, 2.45) is 0 Å². The quantitative estimate of drug-likeness (QED) is 0.465. The van der Waals surface area contributed by atoms with Crippen molar-refractivity contribution < 1.29 is 18.3 Å². The largest absolute Gasteiger partial charge is 0.485 e. The van der Waals surface area contributed by atoms with E-state index < -0.39 is 12.2 Å². The Morgan fingerprint density at radius 1 is 1.26 bits per heavy atom. The van der Waals surface area contributed by atoms with Crippen LogP contribution in [-0.4, -0.2) is 57.6 Å². The molecule has 4 N–H and O–H groups in total. The van der Waals surface area contributed by atoms with Gasteiger partial charge < -0.3 is 25.8 Å². The van der Waals surface area contributed by atoms with E-state index in [9.17, 15) is 8.78 Å². The summed E-state index contributed by atoms with van der Waals surface area (Å²) in [6, 6.07) is 3.03. The molecule has 0 spiro atoms. The standard InChI is InChI=1S/C19H22F2N8O2/c1-23-2-3-29-8-11(6-25-29)13-7-24-16(4-14(13)31-12-9-30-10-12)27-17-5-15(22)26-19(28-17)18(20)21/h4-8,12,18,23H,2-3,9-10H2,1H3,(H3,22,24,26,27,28). The fourth-order valence-electron chi connectivity index (χ4n) is 2.91. The third-order valence-corrected chi connectivity index (χ3v) is 4.52. The first-order valence-corrected chi connectivity index (χ1v) is 9.63. The topological polar surface area (TPSA) is 125 Å². The number of alkyl halides is 2. The van der Waals surface area contributed by atoms with Crippen LogP contribution in [0.25, 0.3) is 11.1 Å². The molecule has 12 heteroatoms. The molecular weight excluding hydrogens is 410 g/mol. The van der Waals surface area contributed by atoms with E-state index in [2.05, 4.69) is 30.7 Å². The Morgan fingerprint density at radius 2 is 2.10 bits per heavy atom. The van der Waals surface area contributed by atoms with Gasteiger partial charge in [0.15, 0.2) is 5.82 Å². The van der Waals surface area contributed by atoms with Crippen molar-refractivity contribution >= 4 is 17.5 Å². The summed E-state index contributed by atoms with van der Waals surface area (Å²) in [5.74, 6) is 0.313. The molecule has 1 aliphatic heterocycles. The van der Waals surface area contributed by atoms with Crippen molar-refractivity contribution in [1.82, 2.24) is 30.0 Å². The fraction of sp³-hybridized carbons (Fsp3) is 0.368. The number of aromatic nitrogens is 5. The van der Waals surface area contributed by atoms with Crippen LogP contribution in [0.4, 0.5) is 26.2 Å². The number of halogens is 2. The molecule has 0 aliphatic carbocycles. The highest BCUT2D eigenvalue weighted by Crippen LogP contribution is 2.33. The highest BCUT2D eigenvalue weighted by Gasteiger charge is 2.23. The molecule has 3 aromatic heterocycles. The monoisotopic (exact) mass is 432 g/mol. The summed E-state index contributed by atoms with van der Waals surface area (Å²) in [5.41, 5.74) is 7.21. The van der Waals surface area contributed by atoms with Gasteiger partial charge in [0.1, 0.15) is 29.3 Å². The minimum Gasteiger partial charge on any atom is -0.485 e. The molecule has 1 aliphatic rings. The lowest BCUT2D eigenvalue weighted by molar-refractivity contribution is -0.0794. The highest BCUT2D eigenvalue weighted by atomic mass is 19.3. The number of nitrogens with one attached hydrogen (secondary N) is 2. The maximum absolute atomic E-state index is 13.0. The average Bonchev–Trinajstić information content (AvgIpc) is 3.17. The van der Waals surface area contributed by atoms with Crippen LogP contribution in [-0.2, 0) is 11.3 Å². The summed E-state index contributed by atoms with van der Waals surface area (Å²) >= 11 is 0. The first-order chi connectivity index (χ1) is 15.0. The Hall–Kier alpha value is -3.38. The van der Waals surface area contributed by atoms with Crippen LogP contribution in [0.15, 0.2) is 30.7 Å². The minimum atomic E-state index is -2.84. The van der Waals surface area contributed by atoms with Crippen molar-refractivity contribution in [3.8, 4) is 16.9 Å². The van der Waals surface area contributed by atoms with Crippen LogP contribution in [0, 0.1) is 0 Å². The molecule has 164 valence electrons. The van der Waals surface area contributed by atoms with Gasteiger partial charge in [-0.25, -0.2) is 23.7 Å². The van der Waals surface area contributed by atoms with Gasteiger partial charge in [-0.1, -0.05) is 0 Å². The van der Waals surface area contributed by atoms with Gasteiger partial charge >= 0.3 is 0 Å². The van der Waals surface area contributed by atoms with Gasteiger partial charge in [-0.2, -0.15) is 5.10 Å². The number of anilines is 3. The highest BCUT2D eigenvalue weighted by molar-refractivity contribution is 5.71. The van der Waals surface area contributed by atoms with E-state index in [0.29, 0.717) is 24.8 Å². The molecular formula is C19H22F2N8O2. The summed E-state index contributed by atoms with van der Waals surface area (Å²) in [6.07, 6.45) is 2.37. The van der Waals surface area contributed by atoms with Gasteiger partial charge in [0.05, 0.1) is 26.0 Å². The molecule has 1 fully saturated rings. The first-order valence-electron chi connectivity index (χ1n) is 9.63. The summed E-state index contributed by atoms with van der Waals surface area (Å²) in [5, 5.41) is 10.3. The zero-order chi connectivity index (χ0) is 21.8. The van der Waals surface area contributed by atoms with Crippen LogP contribution in [0.5, 0.6) is 5.75 Å². The third-order valence-electron chi connectivity index (χ3n) is 4.52. The Morgan fingerprint density at radius 3 is 2.81 bits per heavy atom. The second-order valence-electron chi connectivity index (χ2n) is 6.90. The van der Waals surface area contributed by atoms with E-state index in [-0.39, 0.29) is 17.7 Å². The number of hydrogen-bond donors (Lipinski definition) is 3. The van der Waals surface area contributed by atoms with Gasteiger partial charge in [-0.15, -0.1) is 0 Å². The second-order valence-corrected chi connectivity index (χ2v) is 6.90. The maximum atomic E-state index is 13.0. The maximum Gasteiger partial charge on any atom is 0.297 e. The summed E-state index contributed by atoms with van der Waals surface area (Å²) in [6.45, 7) is 2.49. The van der Waals surface area contributed by atoms with Crippen molar-refractivity contribution in [3.05, 3.63) is 36.5 Å². The van der Waals surface area contributed by atoms with Crippen LogP contribution in [0.1, 0.15) is 12.2 Å². The van der Waals surface area contributed by atoms with Crippen molar-refractivity contribution in [2.75, 3.05) is 37.9 Å². The van der Waals surface area contributed by atoms with E-state index >= 15 is 0 Å². The number of nitrogen functional groups attached to an aromatic ring is 1. The van der Waals surface area contributed by atoms with E-state index in [1.165, 1.54) is 6.07 Å². The average molecular weight is 432 g/mol. The van der Waals surface area contributed by atoms with E-state index in [1.807, 2.05) is 17.9 Å². The molecule has 1 saturated heterocycles. The molecule has 0 amide bonds. The minimum absolute atomic E-state index is 0.0681. The lowest BCUT2D eigenvalue weighted by Gasteiger charge is -2.27. The lowest BCUT2D eigenvalue weighted by Crippen LogP contribution is -2.38. The molecule has 3 aromatic rings. The first kappa shape index (κ1) is 20.9. The van der Waals surface area contributed by atoms with Crippen LogP contribution >= 0.6 is 0 Å². The zero-order valence-electron chi connectivity index (χ0n) is 16.8. The number of pyridine rings is 1. The van der Waals surface area contributed by atoms with E-state index in [1.54, 1.807) is 18.5 Å². The van der Waals surface area contributed by atoms with Gasteiger partial charge in [0, 0.05) is 42.2 Å². The van der Waals surface area contributed by atoms with Gasteiger partial charge in [-0.3, -0.25) is 4.68 Å². The van der Waals surface area contributed by atoms with Crippen molar-refractivity contribution in [2.45, 2.75) is 19.1 Å². The SMILES string of the molecule is CNCCn1cc(-c2cnc(Nc3cc(N)nc(C(F)F)n3)cc2OC2COC2)cn1. The van der Waals surface area contributed by atoms with Gasteiger partial charge in [0.2, 0.25) is 0 Å². The Kier molecular flexibility index (Phi) is 6.18. The Bertz CT molecular complexity index is 1040. The number of rotatable bonds is 9. The van der Waals surface area contributed by atoms with Gasteiger partial charge in [0.25, 0.3) is 6.43 Å². The predicted octanol–water partition coefficient (Wildman–Crippen LogP) is 2.00. The molecule has 4 rings (SSSR count). The van der Waals surface area contributed by atoms with Crippen LogP contribution in [0.3, 0.4) is 0 Å². The molecule has 31 heavy (non-hydrogen) atoms. The summed E-state index contributed by atoms with van der Waals surface area (Å²) in [4.78, 5) is 11.7. The third kappa shape index (κ3) is 5.03. The Balaban J connectivity index is 1.61. The number of likely N-dealkylation sites (N-methyl/N-ethyl adjacent to an activating group) is 1. The fourth-order valence-corrected chi connectivity index (χ4v) is 2.91. The van der Waals surface area contributed by atoms with E-state index in [4.69, 9.17) is 15.2 Å². The molecule has 0 unspecified atom stereocenters. The van der Waals surface area contributed by atoms with Gasteiger partial charge in [-0.05, 0) is 7.05 Å². The normalized spacial score (nSPS) is 13.9. The summed E-state index contributed by atoms with van der Waals surface area (Å²) < 4.78 is 39.0. The smallest absolute Gasteiger partial charge is 0.297 e. The van der Waals surface area contributed by atoms with Crippen LogP contribution in [0.2, 0.25) is 0 Å². The zero-order valence-corrected chi connectivity index (χ0v) is 16.8. The number of ether oxygens (including phenoxy) is 2. The van der Waals surface area contributed by atoms with E-state index in [0.717, 1.165) is 24.2 Å².